The van der Waals surface area contributed by atoms with E-state index in [4.69, 9.17) is 34.6 Å². The molecular formula is C28H41ClNO8P. The second-order valence-corrected chi connectivity index (χ2v) is 13.4. The number of hydrogen-bond donors (Lipinski definition) is 2. The van der Waals surface area contributed by atoms with Crippen LogP contribution in [-0.2, 0) is 24.6 Å². The highest BCUT2D eigenvalue weighted by molar-refractivity contribution is 7.48. The number of carboxylic acid groups (broad SMARTS) is 1. The van der Waals surface area contributed by atoms with Gasteiger partial charge < -0.3 is 19.9 Å². The Kier molecular flexibility index (Phi) is 11.7. The zero-order chi connectivity index (χ0) is 29.3. The van der Waals surface area contributed by atoms with Gasteiger partial charge in [-0.05, 0) is 103 Å². The van der Waals surface area contributed by atoms with Gasteiger partial charge in [0.15, 0.2) is 0 Å². The number of nitrogens with one attached hydrogen (secondary N) is 1. The predicted octanol–water partition coefficient (Wildman–Crippen LogP) is 7.51. The van der Waals surface area contributed by atoms with Crippen LogP contribution in [0.4, 0.5) is 4.79 Å². The lowest BCUT2D eigenvalue weighted by Gasteiger charge is -2.34. The number of aryl methyl sites for hydroxylation is 1. The fourth-order valence-electron chi connectivity index (χ4n) is 3.42. The molecule has 1 atom stereocenters. The molecule has 9 nitrogen and oxygen atoms in total. The van der Waals surface area contributed by atoms with Crippen LogP contribution in [0.2, 0.25) is 5.02 Å². The molecule has 0 aliphatic carbocycles. The molecule has 0 radical (unpaired) electrons. The highest BCUT2D eigenvalue weighted by Gasteiger charge is 2.40. The molecule has 11 heteroatoms. The molecule has 0 aliphatic rings. The Morgan fingerprint density at radius 2 is 1.31 bits per heavy atom. The van der Waals surface area contributed by atoms with Crippen LogP contribution in [0.5, 0.6) is 11.5 Å². The van der Waals surface area contributed by atoms with E-state index in [1.54, 1.807) is 72.7 Å². The Hall–Kier alpha value is -2.29. The maximum absolute atomic E-state index is 13.4. The molecule has 0 aliphatic heterocycles. The van der Waals surface area contributed by atoms with E-state index < -0.39 is 30.7 Å². The average molecular weight is 586 g/mol. The van der Waals surface area contributed by atoms with Crippen molar-refractivity contribution in [2.75, 3.05) is 19.8 Å². The minimum absolute atomic E-state index is 0.211. The number of halogens is 1. The van der Waals surface area contributed by atoms with E-state index in [0.717, 1.165) is 5.56 Å². The smallest absolute Gasteiger partial charge is 0.475 e. The topological polar surface area (TPSA) is 113 Å². The van der Waals surface area contributed by atoms with Crippen molar-refractivity contribution in [1.82, 2.24) is 5.32 Å². The summed E-state index contributed by atoms with van der Waals surface area (Å²) >= 11 is 5.87. The summed E-state index contributed by atoms with van der Waals surface area (Å²) in [6.45, 7) is 12.7. The fourth-order valence-corrected chi connectivity index (χ4v) is 5.47. The monoisotopic (exact) mass is 585 g/mol. The first-order valence-corrected chi connectivity index (χ1v) is 14.6. The van der Waals surface area contributed by atoms with Gasteiger partial charge >= 0.3 is 13.9 Å². The molecule has 0 heterocycles. The SMILES string of the molecule is CC(CCc1ccc(OCCOc2ccc(Cl)cc2)cc1)(COP(=O)(OC(C)(C)C)OC(C)(C)C)NC(=O)O. The van der Waals surface area contributed by atoms with Crippen LogP contribution in [0.3, 0.4) is 0 Å². The van der Waals surface area contributed by atoms with Crippen molar-refractivity contribution in [3.8, 4) is 11.5 Å². The number of phosphoric ester groups is 1. The first-order chi connectivity index (χ1) is 18.0. The highest BCUT2D eigenvalue weighted by atomic mass is 35.5. The number of phosphoric acid groups is 1. The fraction of sp³-hybridized carbons (Fsp3) is 0.536. The number of rotatable bonds is 14. The molecule has 0 spiro atoms. The van der Waals surface area contributed by atoms with Gasteiger partial charge in [-0.3, -0.25) is 13.6 Å². The van der Waals surface area contributed by atoms with Gasteiger partial charge in [-0.2, -0.15) is 0 Å². The maximum atomic E-state index is 13.4. The summed E-state index contributed by atoms with van der Waals surface area (Å²) in [6.07, 6.45) is -0.307. The molecule has 0 saturated carbocycles. The van der Waals surface area contributed by atoms with E-state index in [0.29, 0.717) is 42.6 Å². The van der Waals surface area contributed by atoms with Gasteiger partial charge in [-0.15, -0.1) is 0 Å². The van der Waals surface area contributed by atoms with Crippen molar-refractivity contribution in [3.63, 3.8) is 0 Å². The van der Waals surface area contributed by atoms with E-state index in [2.05, 4.69) is 5.32 Å². The number of carbonyl (C=O) groups is 1. The van der Waals surface area contributed by atoms with Crippen molar-refractivity contribution in [1.29, 1.82) is 0 Å². The van der Waals surface area contributed by atoms with Gasteiger partial charge in [0.25, 0.3) is 0 Å². The Balaban J connectivity index is 1.95. The van der Waals surface area contributed by atoms with Crippen LogP contribution in [0, 0.1) is 0 Å². The molecule has 0 fully saturated rings. The van der Waals surface area contributed by atoms with Gasteiger partial charge in [-0.1, -0.05) is 23.7 Å². The zero-order valence-electron chi connectivity index (χ0n) is 23.8. The van der Waals surface area contributed by atoms with Crippen LogP contribution in [0.15, 0.2) is 48.5 Å². The van der Waals surface area contributed by atoms with E-state index >= 15 is 0 Å². The van der Waals surface area contributed by atoms with Crippen LogP contribution in [0.1, 0.15) is 60.5 Å². The molecule has 218 valence electrons. The lowest BCUT2D eigenvalue weighted by molar-refractivity contribution is -0.00481. The van der Waals surface area contributed by atoms with Gasteiger partial charge in [0.1, 0.15) is 24.7 Å². The predicted molar refractivity (Wildman–Crippen MR) is 152 cm³/mol. The molecule has 39 heavy (non-hydrogen) atoms. The molecule has 0 bridgehead atoms. The molecule has 2 aromatic carbocycles. The van der Waals surface area contributed by atoms with Crippen LogP contribution < -0.4 is 14.8 Å². The standard InChI is InChI=1S/C28H41ClNO8P/c1-26(2,3)37-39(33,38-27(4,5)6)36-20-28(7,30-25(31)32)17-16-21-8-12-23(13-9-21)34-18-19-35-24-14-10-22(29)11-15-24/h8-15,30H,16-20H2,1-7H3,(H,31,32). The normalized spacial score (nSPS) is 13.9. The molecule has 2 rings (SSSR count). The van der Waals surface area contributed by atoms with E-state index in [1.165, 1.54) is 0 Å². The summed E-state index contributed by atoms with van der Waals surface area (Å²) in [5, 5.41) is 12.6. The van der Waals surface area contributed by atoms with Crippen LogP contribution in [0.25, 0.3) is 0 Å². The van der Waals surface area contributed by atoms with Crippen LogP contribution in [-0.4, -0.2) is 47.8 Å². The summed E-state index contributed by atoms with van der Waals surface area (Å²) < 4.78 is 41.8. The Morgan fingerprint density at radius 1 is 0.846 bits per heavy atom. The second-order valence-electron chi connectivity index (χ2n) is 11.4. The summed E-state index contributed by atoms with van der Waals surface area (Å²) in [4.78, 5) is 11.6. The van der Waals surface area contributed by atoms with Gasteiger partial charge in [0, 0.05) is 5.02 Å². The van der Waals surface area contributed by atoms with Crippen molar-refractivity contribution >= 4 is 25.5 Å². The number of amides is 1. The molecule has 1 unspecified atom stereocenters. The van der Waals surface area contributed by atoms with Gasteiger partial charge in [0.05, 0.1) is 23.3 Å². The number of ether oxygens (including phenoxy) is 2. The summed E-state index contributed by atoms with van der Waals surface area (Å²) in [7, 11) is -4.01. The molecule has 0 saturated heterocycles. The minimum Gasteiger partial charge on any atom is -0.490 e. The van der Waals surface area contributed by atoms with E-state index in [9.17, 15) is 14.5 Å². The van der Waals surface area contributed by atoms with Gasteiger partial charge in [0.2, 0.25) is 0 Å². The lowest BCUT2D eigenvalue weighted by Crippen LogP contribution is -2.49. The molecule has 2 N–H and O–H groups in total. The van der Waals surface area contributed by atoms with E-state index in [1.807, 2.05) is 24.3 Å². The van der Waals surface area contributed by atoms with E-state index in [-0.39, 0.29) is 6.61 Å². The first-order valence-electron chi connectivity index (χ1n) is 12.7. The second kappa shape index (κ2) is 13.9. The molecule has 2 aromatic rings. The average Bonchev–Trinajstić information content (AvgIpc) is 2.78. The summed E-state index contributed by atoms with van der Waals surface area (Å²) in [5.41, 5.74) is -1.69. The third kappa shape index (κ3) is 13.6. The van der Waals surface area contributed by atoms with Gasteiger partial charge in [-0.25, -0.2) is 9.36 Å². The van der Waals surface area contributed by atoms with Crippen LogP contribution >= 0.6 is 19.4 Å². The largest absolute Gasteiger partial charge is 0.490 e. The Morgan fingerprint density at radius 3 is 1.74 bits per heavy atom. The Bertz CT molecular complexity index is 1080. The van der Waals surface area contributed by atoms with Crippen molar-refractivity contribution in [2.45, 2.75) is 78.0 Å². The lowest BCUT2D eigenvalue weighted by atomic mass is 9.94. The third-order valence-electron chi connectivity index (χ3n) is 5.04. The maximum Gasteiger partial charge on any atom is 0.475 e. The first kappa shape index (κ1) is 32.9. The quantitative estimate of drug-likeness (QED) is 0.173. The van der Waals surface area contributed by atoms with Crippen molar-refractivity contribution in [3.05, 3.63) is 59.1 Å². The minimum atomic E-state index is -4.01. The summed E-state index contributed by atoms with van der Waals surface area (Å²) in [6, 6.07) is 14.6. The number of benzene rings is 2. The third-order valence-corrected chi connectivity index (χ3v) is 7.28. The number of hydrogen-bond acceptors (Lipinski definition) is 7. The van der Waals surface area contributed by atoms with Crippen molar-refractivity contribution < 1.29 is 37.5 Å². The highest BCUT2D eigenvalue weighted by Crippen LogP contribution is 2.55. The Labute approximate surface area is 236 Å². The summed E-state index contributed by atoms with van der Waals surface area (Å²) in [5.74, 6) is 1.40. The van der Waals surface area contributed by atoms with Crippen molar-refractivity contribution in [2.24, 2.45) is 0 Å². The molecule has 0 aromatic heterocycles. The molecule has 1 amide bonds. The molecular weight excluding hydrogens is 545 g/mol. The zero-order valence-corrected chi connectivity index (χ0v) is 25.4.